The fourth-order valence-corrected chi connectivity index (χ4v) is 4.81. The van der Waals surface area contributed by atoms with E-state index in [1.807, 2.05) is 11.9 Å². The molecule has 9 heteroatoms. The minimum absolute atomic E-state index is 0.223. The lowest BCUT2D eigenvalue weighted by atomic mass is 9.92. The Morgan fingerprint density at radius 1 is 1.30 bits per heavy atom. The third kappa shape index (κ3) is 5.14. The fraction of sp³-hybridized carbons (Fsp3) is 0.944. The van der Waals surface area contributed by atoms with E-state index in [-0.39, 0.29) is 11.9 Å². The minimum Gasteiger partial charge on any atom is -0.391 e. The summed E-state index contributed by atoms with van der Waals surface area (Å²) >= 11 is 1.20. The highest BCUT2D eigenvalue weighted by molar-refractivity contribution is 7.99. The summed E-state index contributed by atoms with van der Waals surface area (Å²) in [5.74, 6) is 0.245. The van der Waals surface area contributed by atoms with Crippen LogP contribution in [0.5, 0.6) is 0 Å². The molecule has 0 bridgehead atoms. The predicted molar refractivity (Wildman–Crippen MR) is 103 cm³/mol. The number of ether oxygens (including phenoxy) is 1. The molecule has 0 aliphatic carbocycles. The second-order valence-corrected chi connectivity index (χ2v) is 8.73. The highest BCUT2D eigenvalue weighted by Gasteiger charge is 2.48. The first-order chi connectivity index (χ1) is 12.7. The van der Waals surface area contributed by atoms with Gasteiger partial charge in [0.2, 0.25) is 5.91 Å². The highest BCUT2D eigenvalue weighted by atomic mass is 32.2. The van der Waals surface area contributed by atoms with Gasteiger partial charge in [0.1, 0.15) is 29.9 Å². The van der Waals surface area contributed by atoms with Gasteiger partial charge in [0.05, 0.1) is 18.2 Å². The molecule has 158 valence electrons. The number of carbonyl (C=O) groups excluding carboxylic acids is 1. The van der Waals surface area contributed by atoms with E-state index < -0.39 is 42.0 Å². The first-order valence-corrected chi connectivity index (χ1v) is 10.9. The van der Waals surface area contributed by atoms with Gasteiger partial charge in [-0.25, -0.2) is 0 Å². The van der Waals surface area contributed by atoms with Crippen LogP contribution in [0.4, 0.5) is 0 Å². The number of hydrogen-bond donors (Lipinski definition) is 5. The summed E-state index contributed by atoms with van der Waals surface area (Å²) in [7, 11) is 1.91. The molecule has 5 N–H and O–H groups in total. The number of likely N-dealkylation sites (N-methyl/N-ethyl adjacent to an activating group) is 1. The average Bonchev–Trinajstić information content (AvgIpc) is 2.99. The summed E-state index contributed by atoms with van der Waals surface area (Å²) < 4.78 is 5.72. The second kappa shape index (κ2) is 9.87. The summed E-state index contributed by atoms with van der Waals surface area (Å²) in [6.45, 7) is 4.48. The van der Waals surface area contributed by atoms with Crippen molar-refractivity contribution < 1.29 is 30.0 Å². The molecule has 2 aliphatic heterocycles. The Labute approximate surface area is 165 Å². The van der Waals surface area contributed by atoms with Crippen LogP contribution in [0.15, 0.2) is 0 Å². The number of hydrogen-bond acceptors (Lipinski definition) is 8. The summed E-state index contributed by atoms with van der Waals surface area (Å²) in [5, 5.41) is 43.5. The van der Waals surface area contributed by atoms with E-state index in [4.69, 9.17) is 4.74 Å². The maximum absolute atomic E-state index is 12.8. The normalized spacial score (nSPS) is 39.9. The Kier molecular flexibility index (Phi) is 8.35. The molecule has 0 unspecified atom stereocenters. The van der Waals surface area contributed by atoms with Crippen LogP contribution in [0.25, 0.3) is 0 Å². The molecule has 2 aliphatic rings. The highest BCUT2D eigenvalue weighted by Crippen LogP contribution is 2.30. The molecule has 0 spiro atoms. The van der Waals surface area contributed by atoms with Gasteiger partial charge in [0.15, 0.2) is 0 Å². The van der Waals surface area contributed by atoms with Crippen molar-refractivity contribution >= 4 is 17.7 Å². The van der Waals surface area contributed by atoms with Crippen LogP contribution in [-0.2, 0) is 9.53 Å². The molecule has 2 fully saturated rings. The van der Waals surface area contributed by atoms with Gasteiger partial charge in [-0.3, -0.25) is 9.69 Å². The van der Waals surface area contributed by atoms with E-state index in [9.17, 15) is 25.2 Å². The third-order valence-electron chi connectivity index (χ3n) is 5.66. The zero-order valence-electron chi connectivity index (χ0n) is 16.5. The monoisotopic (exact) mass is 406 g/mol. The van der Waals surface area contributed by atoms with Crippen LogP contribution in [0.2, 0.25) is 0 Å². The van der Waals surface area contributed by atoms with Crippen LogP contribution in [0.3, 0.4) is 0 Å². The standard InChI is InChI=1S/C18H34N2O6S/c1-5-6-10-7-11(20(3)8-10)17(25)19-12(9(2)21)16-14(23)13(22)15(24)18(26-16)27-4/h9-16,18,21-24H,5-8H2,1-4H3,(H,19,25)/t9-,10+,11+,12+,13+,14+,15+,16+,18+/m0/s1. The lowest BCUT2D eigenvalue weighted by Crippen LogP contribution is -2.65. The Balaban J connectivity index is 2.09. The number of carbonyl (C=O) groups is 1. The predicted octanol–water partition coefficient (Wildman–Crippen LogP) is -0.857. The van der Waals surface area contributed by atoms with Crippen molar-refractivity contribution in [1.29, 1.82) is 0 Å². The maximum atomic E-state index is 12.8. The van der Waals surface area contributed by atoms with E-state index in [2.05, 4.69) is 12.2 Å². The van der Waals surface area contributed by atoms with Crippen molar-refractivity contribution in [2.45, 2.75) is 81.1 Å². The zero-order valence-corrected chi connectivity index (χ0v) is 17.3. The molecule has 1 amide bonds. The van der Waals surface area contributed by atoms with Crippen molar-refractivity contribution in [3.8, 4) is 0 Å². The third-order valence-corrected chi connectivity index (χ3v) is 6.51. The first-order valence-electron chi connectivity index (χ1n) is 9.62. The zero-order chi connectivity index (χ0) is 20.3. The van der Waals surface area contributed by atoms with E-state index in [0.29, 0.717) is 5.92 Å². The molecule has 9 atom stereocenters. The van der Waals surface area contributed by atoms with Crippen LogP contribution < -0.4 is 5.32 Å². The molecule has 8 nitrogen and oxygen atoms in total. The van der Waals surface area contributed by atoms with Crippen molar-refractivity contribution in [1.82, 2.24) is 10.2 Å². The molecule has 0 aromatic rings. The summed E-state index contributed by atoms with van der Waals surface area (Å²) in [6.07, 6.45) is -1.50. The van der Waals surface area contributed by atoms with Gasteiger partial charge in [-0.05, 0) is 39.0 Å². The number of rotatable bonds is 7. The van der Waals surface area contributed by atoms with Crippen molar-refractivity contribution in [2.75, 3.05) is 19.8 Å². The van der Waals surface area contributed by atoms with Crippen molar-refractivity contribution in [3.63, 3.8) is 0 Å². The second-order valence-electron chi connectivity index (χ2n) is 7.80. The lowest BCUT2D eigenvalue weighted by molar-refractivity contribution is -0.211. The topological polar surface area (TPSA) is 122 Å². The van der Waals surface area contributed by atoms with Gasteiger partial charge in [0.25, 0.3) is 0 Å². The fourth-order valence-electron chi connectivity index (χ4n) is 4.13. The molecule has 0 radical (unpaired) electrons. The van der Waals surface area contributed by atoms with Crippen LogP contribution >= 0.6 is 11.8 Å². The molecule has 2 heterocycles. The smallest absolute Gasteiger partial charge is 0.237 e. The summed E-state index contributed by atoms with van der Waals surface area (Å²) in [5.41, 5.74) is -0.755. The Morgan fingerprint density at radius 2 is 1.96 bits per heavy atom. The van der Waals surface area contributed by atoms with Gasteiger partial charge in [-0.2, -0.15) is 0 Å². The van der Waals surface area contributed by atoms with Crippen LogP contribution in [-0.4, -0.2) is 99.1 Å². The molecular weight excluding hydrogens is 372 g/mol. The van der Waals surface area contributed by atoms with Gasteiger partial charge in [0, 0.05) is 6.54 Å². The SMILES string of the molecule is CCC[C@@H]1C[C@H](C(=O)N[C@@H]([C@H]2O[C@H](SC)[C@H](O)[C@H](O)[C@H]2O)[C@H](C)O)N(C)C1. The van der Waals surface area contributed by atoms with Crippen molar-refractivity contribution in [3.05, 3.63) is 0 Å². The molecule has 27 heavy (non-hydrogen) atoms. The Morgan fingerprint density at radius 3 is 2.52 bits per heavy atom. The molecule has 2 rings (SSSR count). The van der Waals surface area contributed by atoms with Gasteiger partial charge < -0.3 is 30.5 Å². The number of amides is 1. The van der Waals surface area contributed by atoms with Gasteiger partial charge in [-0.15, -0.1) is 11.8 Å². The number of aliphatic hydroxyl groups excluding tert-OH is 4. The minimum atomic E-state index is -1.42. The number of thioether (sulfide) groups is 1. The van der Waals surface area contributed by atoms with Gasteiger partial charge in [-0.1, -0.05) is 13.3 Å². The summed E-state index contributed by atoms with van der Waals surface area (Å²) in [4.78, 5) is 14.9. The van der Waals surface area contributed by atoms with E-state index >= 15 is 0 Å². The van der Waals surface area contributed by atoms with E-state index in [0.717, 1.165) is 25.8 Å². The average molecular weight is 407 g/mol. The molecule has 2 saturated heterocycles. The number of nitrogens with zero attached hydrogens (tertiary/aromatic N) is 1. The number of aliphatic hydroxyl groups is 4. The largest absolute Gasteiger partial charge is 0.391 e. The summed E-state index contributed by atoms with van der Waals surface area (Å²) in [6, 6.07) is -1.20. The van der Waals surface area contributed by atoms with E-state index in [1.165, 1.54) is 18.7 Å². The quantitative estimate of drug-likeness (QED) is 0.370. The number of nitrogens with one attached hydrogen (secondary N) is 1. The van der Waals surface area contributed by atoms with Crippen LogP contribution in [0, 0.1) is 5.92 Å². The Hall–Kier alpha value is -0.420. The molecular formula is C18H34N2O6S. The molecule has 0 saturated carbocycles. The Bertz CT molecular complexity index is 494. The maximum Gasteiger partial charge on any atom is 0.237 e. The first kappa shape index (κ1) is 22.9. The lowest BCUT2D eigenvalue weighted by Gasteiger charge is -2.44. The van der Waals surface area contributed by atoms with Crippen molar-refractivity contribution in [2.24, 2.45) is 5.92 Å². The van der Waals surface area contributed by atoms with Gasteiger partial charge >= 0.3 is 0 Å². The molecule has 0 aromatic heterocycles. The molecule has 0 aromatic carbocycles. The van der Waals surface area contributed by atoms with Crippen LogP contribution in [0.1, 0.15) is 33.1 Å². The van der Waals surface area contributed by atoms with E-state index in [1.54, 1.807) is 6.26 Å². The number of likely N-dealkylation sites (tertiary alicyclic amines) is 1.